The van der Waals surface area contributed by atoms with Crippen LogP contribution in [0.2, 0.25) is 5.02 Å². The predicted octanol–water partition coefficient (Wildman–Crippen LogP) is 2.71. The van der Waals surface area contributed by atoms with Crippen LogP contribution < -0.4 is 5.32 Å². The zero-order chi connectivity index (χ0) is 12.3. The fourth-order valence-corrected chi connectivity index (χ4v) is 3.17. The van der Waals surface area contributed by atoms with E-state index < -0.39 is 0 Å². The molecule has 0 saturated carbocycles. The van der Waals surface area contributed by atoms with E-state index in [-0.39, 0.29) is 0 Å². The third kappa shape index (κ3) is 3.27. The van der Waals surface area contributed by atoms with Crippen molar-refractivity contribution in [2.75, 3.05) is 30.4 Å². The van der Waals surface area contributed by atoms with Crippen LogP contribution in [-0.2, 0) is 6.54 Å². The number of thioether (sulfide) groups is 1. The van der Waals surface area contributed by atoms with Crippen LogP contribution in [0.4, 0.5) is 5.82 Å². The second-order valence-corrected chi connectivity index (χ2v) is 5.83. The van der Waals surface area contributed by atoms with Crippen molar-refractivity contribution < 1.29 is 0 Å². The molecule has 1 saturated heterocycles. The minimum atomic E-state index is 0.602. The van der Waals surface area contributed by atoms with Gasteiger partial charge in [0.15, 0.2) is 0 Å². The molecule has 2 rings (SSSR count). The summed E-state index contributed by atoms with van der Waals surface area (Å²) in [5.74, 6) is 3.28. The lowest BCUT2D eigenvalue weighted by molar-refractivity contribution is 0.221. The molecule has 1 N–H and O–H groups in total. The molecular formula is C12H18ClN3S. The summed E-state index contributed by atoms with van der Waals surface area (Å²) in [6.45, 7) is 4.23. The van der Waals surface area contributed by atoms with Gasteiger partial charge in [-0.05, 0) is 19.1 Å². The lowest BCUT2D eigenvalue weighted by Gasteiger charge is -2.32. The Labute approximate surface area is 112 Å². The first-order valence-corrected chi connectivity index (χ1v) is 7.39. The minimum Gasteiger partial charge on any atom is -0.373 e. The summed E-state index contributed by atoms with van der Waals surface area (Å²) in [5, 5.41) is 3.81. The van der Waals surface area contributed by atoms with Crippen LogP contribution in [-0.4, -0.2) is 41.0 Å². The molecule has 0 spiro atoms. The molecule has 17 heavy (non-hydrogen) atoms. The molecule has 0 radical (unpaired) electrons. The molecule has 1 unspecified atom stereocenters. The predicted molar refractivity (Wildman–Crippen MR) is 76.0 cm³/mol. The molecule has 0 aromatic carbocycles. The summed E-state index contributed by atoms with van der Waals surface area (Å²) in [6.07, 6.45) is 0. The van der Waals surface area contributed by atoms with E-state index in [0.29, 0.717) is 6.04 Å². The zero-order valence-electron chi connectivity index (χ0n) is 10.2. The summed E-state index contributed by atoms with van der Waals surface area (Å²) in [7, 11) is 1.88. The monoisotopic (exact) mass is 271 g/mol. The van der Waals surface area contributed by atoms with Crippen LogP contribution in [0.5, 0.6) is 0 Å². The summed E-state index contributed by atoms with van der Waals surface area (Å²) in [4.78, 5) is 6.98. The van der Waals surface area contributed by atoms with Crippen molar-refractivity contribution in [3.63, 3.8) is 0 Å². The first-order chi connectivity index (χ1) is 8.20. The number of hydrogen-bond donors (Lipinski definition) is 1. The van der Waals surface area contributed by atoms with Gasteiger partial charge >= 0.3 is 0 Å². The lowest BCUT2D eigenvalue weighted by atomic mass is 10.2. The van der Waals surface area contributed by atoms with E-state index in [1.807, 2.05) is 30.9 Å². The maximum Gasteiger partial charge on any atom is 0.126 e. The number of nitrogens with one attached hydrogen (secondary N) is 1. The second kappa shape index (κ2) is 5.94. The number of halogens is 1. The molecule has 94 valence electrons. The highest BCUT2D eigenvalue weighted by Gasteiger charge is 2.20. The first-order valence-electron chi connectivity index (χ1n) is 5.85. The standard InChI is InChI=1S/C12H18ClN3S/c1-9-8-17-6-5-16(9)7-11-10(13)3-4-12(14-2)15-11/h3-4,9H,5-8H2,1-2H3,(H,14,15). The Hall–Kier alpha value is -0.450. The van der Waals surface area contributed by atoms with E-state index in [4.69, 9.17) is 11.6 Å². The molecule has 1 fully saturated rings. The molecule has 0 aliphatic carbocycles. The maximum atomic E-state index is 6.20. The average molecular weight is 272 g/mol. The quantitative estimate of drug-likeness (QED) is 0.915. The molecule has 1 aromatic rings. The molecule has 1 aliphatic heterocycles. The van der Waals surface area contributed by atoms with Crippen molar-refractivity contribution in [2.45, 2.75) is 19.5 Å². The number of nitrogens with zero attached hydrogens (tertiary/aromatic N) is 2. The fraction of sp³-hybridized carbons (Fsp3) is 0.583. The van der Waals surface area contributed by atoms with Gasteiger partial charge in [0.1, 0.15) is 5.82 Å². The molecule has 0 bridgehead atoms. The molecule has 1 aliphatic rings. The third-order valence-corrected chi connectivity index (χ3v) is 4.57. The Morgan fingerprint density at radius 3 is 3.12 bits per heavy atom. The van der Waals surface area contributed by atoms with Gasteiger partial charge in [0, 0.05) is 37.7 Å². The van der Waals surface area contributed by atoms with Crippen LogP contribution in [0.1, 0.15) is 12.6 Å². The van der Waals surface area contributed by atoms with Gasteiger partial charge in [-0.3, -0.25) is 4.90 Å². The Kier molecular flexibility index (Phi) is 4.54. The van der Waals surface area contributed by atoms with E-state index >= 15 is 0 Å². The smallest absolute Gasteiger partial charge is 0.126 e. The van der Waals surface area contributed by atoms with Gasteiger partial charge in [-0.2, -0.15) is 11.8 Å². The average Bonchev–Trinajstić information content (AvgIpc) is 2.35. The number of aromatic nitrogens is 1. The van der Waals surface area contributed by atoms with E-state index in [2.05, 4.69) is 22.1 Å². The number of pyridine rings is 1. The summed E-state index contributed by atoms with van der Waals surface area (Å²) >= 11 is 8.22. The highest BCUT2D eigenvalue weighted by atomic mass is 35.5. The van der Waals surface area contributed by atoms with Crippen molar-refractivity contribution in [1.29, 1.82) is 0 Å². The van der Waals surface area contributed by atoms with Crippen molar-refractivity contribution in [2.24, 2.45) is 0 Å². The Morgan fingerprint density at radius 2 is 2.41 bits per heavy atom. The van der Waals surface area contributed by atoms with Gasteiger partial charge in [0.05, 0.1) is 10.7 Å². The van der Waals surface area contributed by atoms with Gasteiger partial charge in [-0.15, -0.1) is 0 Å². The highest BCUT2D eigenvalue weighted by Crippen LogP contribution is 2.22. The van der Waals surface area contributed by atoms with E-state index in [0.717, 1.165) is 29.6 Å². The van der Waals surface area contributed by atoms with Crippen LogP contribution in [0, 0.1) is 0 Å². The molecule has 5 heteroatoms. The third-order valence-electron chi connectivity index (χ3n) is 3.03. The maximum absolute atomic E-state index is 6.20. The molecule has 1 atom stereocenters. The van der Waals surface area contributed by atoms with Crippen molar-refractivity contribution in [3.8, 4) is 0 Å². The van der Waals surface area contributed by atoms with Crippen molar-refractivity contribution in [3.05, 3.63) is 22.8 Å². The number of hydrogen-bond acceptors (Lipinski definition) is 4. The van der Waals surface area contributed by atoms with Crippen LogP contribution >= 0.6 is 23.4 Å². The van der Waals surface area contributed by atoms with E-state index in [9.17, 15) is 0 Å². The number of rotatable bonds is 3. The van der Waals surface area contributed by atoms with Gasteiger partial charge in [0.25, 0.3) is 0 Å². The zero-order valence-corrected chi connectivity index (χ0v) is 11.8. The van der Waals surface area contributed by atoms with Gasteiger partial charge in [-0.25, -0.2) is 4.98 Å². The van der Waals surface area contributed by atoms with Gasteiger partial charge in [-0.1, -0.05) is 11.6 Å². The Balaban J connectivity index is 2.11. The summed E-state index contributed by atoms with van der Waals surface area (Å²) < 4.78 is 0. The molecule has 2 heterocycles. The second-order valence-electron chi connectivity index (χ2n) is 4.27. The number of anilines is 1. The minimum absolute atomic E-state index is 0.602. The van der Waals surface area contributed by atoms with Crippen LogP contribution in [0.3, 0.4) is 0 Å². The van der Waals surface area contributed by atoms with Gasteiger partial charge < -0.3 is 5.32 Å². The molecule has 1 aromatic heterocycles. The Morgan fingerprint density at radius 1 is 1.59 bits per heavy atom. The molecular weight excluding hydrogens is 254 g/mol. The van der Waals surface area contributed by atoms with Gasteiger partial charge in [0.2, 0.25) is 0 Å². The fourth-order valence-electron chi connectivity index (χ4n) is 1.92. The topological polar surface area (TPSA) is 28.2 Å². The Bertz CT molecular complexity index is 386. The van der Waals surface area contributed by atoms with Crippen LogP contribution in [0.25, 0.3) is 0 Å². The highest BCUT2D eigenvalue weighted by molar-refractivity contribution is 7.99. The van der Waals surface area contributed by atoms with Crippen molar-refractivity contribution >= 4 is 29.2 Å². The van der Waals surface area contributed by atoms with Crippen LogP contribution in [0.15, 0.2) is 12.1 Å². The van der Waals surface area contributed by atoms with E-state index in [1.165, 1.54) is 11.5 Å². The normalized spacial score (nSPS) is 21.5. The SMILES string of the molecule is CNc1ccc(Cl)c(CN2CCSCC2C)n1. The largest absolute Gasteiger partial charge is 0.373 e. The molecule has 3 nitrogen and oxygen atoms in total. The van der Waals surface area contributed by atoms with E-state index in [1.54, 1.807) is 0 Å². The summed E-state index contributed by atoms with van der Waals surface area (Å²) in [6, 6.07) is 4.42. The first kappa shape index (κ1) is 13.0. The lowest BCUT2D eigenvalue weighted by Crippen LogP contribution is -2.39. The molecule has 0 amide bonds. The summed E-state index contributed by atoms with van der Waals surface area (Å²) in [5.41, 5.74) is 0.970. The van der Waals surface area contributed by atoms with Crippen molar-refractivity contribution in [1.82, 2.24) is 9.88 Å².